The summed E-state index contributed by atoms with van der Waals surface area (Å²) in [5.41, 5.74) is 0. The summed E-state index contributed by atoms with van der Waals surface area (Å²) in [5.74, 6) is -0.443. The van der Waals surface area contributed by atoms with Crippen LogP contribution in [0.4, 0.5) is 0 Å². The highest BCUT2D eigenvalue weighted by molar-refractivity contribution is 8.03. The quantitative estimate of drug-likeness (QED) is 0.499. The molecule has 78 valence electrons. The largest absolute Gasteiger partial charge is 0.380 e. The second-order valence-corrected chi connectivity index (χ2v) is 3.55. The van der Waals surface area contributed by atoms with Crippen LogP contribution in [0.2, 0.25) is 0 Å². The van der Waals surface area contributed by atoms with Gasteiger partial charge in [-0.05, 0) is 13.2 Å². The fourth-order valence-electron chi connectivity index (χ4n) is 1.14. The van der Waals surface area contributed by atoms with Gasteiger partial charge in [-0.15, -0.1) is 11.8 Å². The monoisotopic (exact) mass is 215 g/mol. The number of carbonyl (C=O) groups excluding carboxylic acids is 2. The zero-order chi connectivity index (χ0) is 10.6. The van der Waals surface area contributed by atoms with Crippen molar-refractivity contribution in [3.8, 4) is 0 Å². The van der Waals surface area contributed by atoms with Crippen LogP contribution in [-0.2, 0) is 14.3 Å². The molecule has 2 amide bonds. The van der Waals surface area contributed by atoms with E-state index >= 15 is 0 Å². The number of thioether (sulfide) groups is 1. The van der Waals surface area contributed by atoms with E-state index in [0.29, 0.717) is 24.7 Å². The molecule has 1 aliphatic rings. The third-order valence-corrected chi connectivity index (χ3v) is 2.59. The molecule has 1 rings (SSSR count). The molecule has 0 spiro atoms. The standard InChI is InChI=1S/C9H13NO3S/c1-3-13-5-4-10-8(11)6-7(14-2)9(10)12/h6H,3-5H2,1-2H3. The average Bonchev–Trinajstić information content (AvgIpc) is 2.45. The van der Waals surface area contributed by atoms with Crippen molar-refractivity contribution in [1.82, 2.24) is 4.90 Å². The molecule has 0 saturated carbocycles. The van der Waals surface area contributed by atoms with Gasteiger partial charge in [0.05, 0.1) is 18.1 Å². The first-order valence-electron chi connectivity index (χ1n) is 4.40. The van der Waals surface area contributed by atoms with Gasteiger partial charge in [0.25, 0.3) is 11.8 Å². The lowest BCUT2D eigenvalue weighted by atomic mass is 10.5. The Morgan fingerprint density at radius 2 is 2.21 bits per heavy atom. The maximum absolute atomic E-state index is 11.5. The summed E-state index contributed by atoms with van der Waals surface area (Å²) in [6, 6.07) is 0. The normalized spacial score (nSPS) is 16.4. The van der Waals surface area contributed by atoms with E-state index in [-0.39, 0.29) is 11.8 Å². The van der Waals surface area contributed by atoms with E-state index in [1.165, 1.54) is 22.7 Å². The van der Waals surface area contributed by atoms with Gasteiger partial charge in [-0.2, -0.15) is 0 Å². The first-order chi connectivity index (χ1) is 6.70. The highest BCUT2D eigenvalue weighted by Gasteiger charge is 2.29. The lowest BCUT2D eigenvalue weighted by Crippen LogP contribution is -2.33. The fourth-order valence-corrected chi connectivity index (χ4v) is 1.65. The molecule has 0 N–H and O–H groups in total. The minimum atomic E-state index is -0.237. The van der Waals surface area contributed by atoms with Gasteiger partial charge in [0.15, 0.2) is 0 Å². The van der Waals surface area contributed by atoms with Gasteiger partial charge in [-0.25, -0.2) is 0 Å². The van der Waals surface area contributed by atoms with E-state index in [1.54, 1.807) is 6.26 Å². The van der Waals surface area contributed by atoms with Gasteiger partial charge in [-0.1, -0.05) is 0 Å². The van der Waals surface area contributed by atoms with Crippen molar-refractivity contribution in [2.24, 2.45) is 0 Å². The molecule has 0 fully saturated rings. The predicted octanol–water partition coefficient (Wildman–Crippen LogP) is 0.639. The molecular formula is C9H13NO3S. The topological polar surface area (TPSA) is 46.6 Å². The highest BCUT2D eigenvalue weighted by atomic mass is 32.2. The Morgan fingerprint density at radius 1 is 1.50 bits per heavy atom. The summed E-state index contributed by atoms with van der Waals surface area (Å²) in [4.78, 5) is 24.5. The van der Waals surface area contributed by atoms with Crippen LogP contribution < -0.4 is 0 Å². The molecule has 0 atom stereocenters. The second-order valence-electron chi connectivity index (χ2n) is 2.70. The summed E-state index contributed by atoms with van der Waals surface area (Å²) in [7, 11) is 0. The van der Waals surface area contributed by atoms with Crippen molar-refractivity contribution in [2.75, 3.05) is 26.0 Å². The smallest absolute Gasteiger partial charge is 0.267 e. The summed E-state index contributed by atoms with van der Waals surface area (Å²) in [6.07, 6.45) is 3.15. The predicted molar refractivity (Wildman–Crippen MR) is 54.8 cm³/mol. The van der Waals surface area contributed by atoms with E-state index in [4.69, 9.17) is 4.74 Å². The zero-order valence-corrected chi connectivity index (χ0v) is 9.10. The Hall–Kier alpha value is -0.810. The summed E-state index contributed by atoms with van der Waals surface area (Å²) in [6.45, 7) is 3.22. The van der Waals surface area contributed by atoms with E-state index in [0.717, 1.165) is 0 Å². The van der Waals surface area contributed by atoms with E-state index in [9.17, 15) is 9.59 Å². The zero-order valence-electron chi connectivity index (χ0n) is 8.28. The molecule has 1 heterocycles. The maximum atomic E-state index is 11.5. The van der Waals surface area contributed by atoms with Gasteiger partial charge < -0.3 is 4.74 Å². The lowest BCUT2D eigenvalue weighted by Gasteiger charge is -2.13. The van der Waals surface area contributed by atoms with Crippen LogP contribution in [0.3, 0.4) is 0 Å². The number of hydrogen-bond donors (Lipinski definition) is 0. The van der Waals surface area contributed by atoms with Crippen LogP contribution in [-0.4, -0.2) is 42.7 Å². The first-order valence-corrected chi connectivity index (χ1v) is 5.62. The van der Waals surface area contributed by atoms with Crippen molar-refractivity contribution in [3.63, 3.8) is 0 Å². The third-order valence-electron chi connectivity index (χ3n) is 1.86. The molecule has 4 nitrogen and oxygen atoms in total. The number of rotatable bonds is 5. The fraction of sp³-hybridized carbons (Fsp3) is 0.556. The van der Waals surface area contributed by atoms with Crippen LogP contribution in [0.25, 0.3) is 0 Å². The number of nitrogens with zero attached hydrogens (tertiary/aromatic N) is 1. The van der Waals surface area contributed by atoms with Crippen LogP contribution in [0, 0.1) is 0 Å². The number of imide groups is 1. The second kappa shape index (κ2) is 5.17. The number of amides is 2. The molecular weight excluding hydrogens is 202 g/mol. The molecule has 14 heavy (non-hydrogen) atoms. The van der Waals surface area contributed by atoms with Crippen molar-refractivity contribution >= 4 is 23.6 Å². The van der Waals surface area contributed by atoms with Crippen LogP contribution in [0.1, 0.15) is 6.92 Å². The summed E-state index contributed by atoms with van der Waals surface area (Å²) >= 11 is 1.30. The summed E-state index contributed by atoms with van der Waals surface area (Å²) in [5, 5.41) is 0. The molecule has 0 aliphatic carbocycles. The lowest BCUT2D eigenvalue weighted by molar-refractivity contribution is -0.137. The number of ether oxygens (including phenoxy) is 1. The van der Waals surface area contributed by atoms with Crippen LogP contribution in [0.5, 0.6) is 0 Å². The van der Waals surface area contributed by atoms with Gasteiger partial charge in [0, 0.05) is 12.7 Å². The minimum Gasteiger partial charge on any atom is -0.380 e. The van der Waals surface area contributed by atoms with E-state index in [1.807, 2.05) is 6.92 Å². The van der Waals surface area contributed by atoms with Gasteiger partial charge in [0.2, 0.25) is 0 Å². The number of carbonyl (C=O) groups is 2. The molecule has 0 bridgehead atoms. The molecule has 0 aromatic rings. The van der Waals surface area contributed by atoms with E-state index < -0.39 is 0 Å². The van der Waals surface area contributed by atoms with Gasteiger partial charge >= 0.3 is 0 Å². The SMILES string of the molecule is CCOCCN1C(=O)C=C(SC)C1=O. The van der Waals surface area contributed by atoms with E-state index in [2.05, 4.69) is 0 Å². The molecule has 0 aromatic carbocycles. The average molecular weight is 215 g/mol. The summed E-state index contributed by atoms with van der Waals surface area (Å²) < 4.78 is 5.08. The van der Waals surface area contributed by atoms with Gasteiger partial charge in [0.1, 0.15) is 0 Å². The Labute approximate surface area is 87.3 Å². The molecule has 0 aromatic heterocycles. The van der Waals surface area contributed by atoms with Crippen LogP contribution >= 0.6 is 11.8 Å². The Balaban J connectivity index is 2.49. The highest BCUT2D eigenvalue weighted by Crippen LogP contribution is 2.21. The third kappa shape index (κ3) is 2.36. The molecule has 1 aliphatic heterocycles. The van der Waals surface area contributed by atoms with Gasteiger partial charge in [-0.3, -0.25) is 14.5 Å². The maximum Gasteiger partial charge on any atom is 0.267 e. The Kier molecular flexibility index (Phi) is 4.16. The Bertz CT molecular complexity index is 275. The van der Waals surface area contributed by atoms with Crippen molar-refractivity contribution in [3.05, 3.63) is 11.0 Å². The van der Waals surface area contributed by atoms with Crippen LogP contribution in [0.15, 0.2) is 11.0 Å². The van der Waals surface area contributed by atoms with Crippen molar-refractivity contribution < 1.29 is 14.3 Å². The molecule has 0 unspecified atom stereocenters. The minimum absolute atomic E-state index is 0.206. The number of hydrogen-bond acceptors (Lipinski definition) is 4. The first kappa shape index (κ1) is 11.3. The molecule has 0 saturated heterocycles. The molecule has 0 radical (unpaired) electrons. The Morgan fingerprint density at radius 3 is 2.71 bits per heavy atom. The molecule has 5 heteroatoms. The van der Waals surface area contributed by atoms with Crippen molar-refractivity contribution in [2.45, 2.75) is 6.92 Å². The van der Waals surface area contributed by atoms with Crippen molar-refractivity contribution in [1.29, 1.82) is 0 Å².